The molecule has 0 aliphatic carbocycles. The number of hydrogen-bond acceptors (Lipinski definition) is 4. The fourth-order valence-corrected chi connectivity index (χ4v) is 3.89. The number of nitrogens with one attached hydrogen (secondary N) is 1. The molecule has 0 aromatic heterocycles. The first-order valence-electron chi connectivity index (χ1n) is 5.59. The Balaban J connectivity index is 2.33. The molecule has 1 amide bonds. The summed E-state index contributed by atoms with van der Waals surface area (Å²) in [6, 6.07) is 0. The lowest BCUT2D eigenvalue weighted by Crippen LogP contribution is -2.18. The molecule has 0 unspecified atom stereocenters. The fourth-order valence-electron chi connectivity index (χ4n) is 1.58. The van der Waals surface area contributed by atoms with Gasteiger partial charge in [0.15, 0.2) is 0 Å². The topological polar surface area (TPSA) is 51.1 Å². The van der Waals surface area contributed by atoms with E-state index in [0.717, 1.165) is 22.6 Å². The number of hydrogen-bond donors (Lipinski definition) is 1. The van der Waals surface area contributed by atoms with E-state index in [9.17, 15) is 9.59 Å². The van der Waals surface area contributed by atoms with Gasteiger partial charge in [-0.05, 0) is 13.3 Å². The Morgan fingerprint density at radius 2 is 2.28 bits per heavy atom. The zero-order valence-corrected chi connectivity index (χ0v) is 12.1. The van der Waals surface area contributed by atoms with E-state index in [2.05, 4.69) is 5.32 Å². The number of rotatable bonds is 3. The lowest BCUT2D eigenvalue weighted by Gasteiger charge is -1.99. The van der Waals surface area contributed by atoms with Crippen molar-refractivity contribution < 1.29 is 4.79 Å². The Kier molecular flexibility index (Phi) is 3.68. The molecule has 18 heavy (non-hydrogen) atoms. The normalized spacial score (nSPS) is 12.1. The fraction of sp³-hybridized carbons (Fsp3) is 0.333. The lowest BCUT2D eigenvalue weighted by atomic mass is 10.2. The van der Waals surface area contributed by atoms with Crippen LogP contribution in [-0.2, 0) is 11.8 Å². The van der Waals surface area contributed by atoms with Gasteiger partial charge in [-0.25, -0.2) is 0 Å². The molecule has 0 bridgehead atoms. The van der Waals surface area contributed by atoms with Crippen LogP contribution >= 0.6 is 20.7 Å². The van der Waals surface area contributed by atoms with Gasteiger partial charge in [0.25, 0.3) is 5.56 Å². The molecule has 2 aliphatic rings. The highest BCUT2D eigenvalue weighted by Crippen LogP contribution is 2.36. The molecule has 4 nitrogen and oxygen atoms in total. The van der Waals surface area contributed by atoms with E-state index >= 15 is 0 Å². The minimum absolute atomic E-state index is 0.153. The van der Waals surface area contributed by atoms with Gasteiger partial charge in [0, 0.05) is 18.5 Å². The van der Waals surface area contributed by atoms with Gasteiger partial charge in [-0.2, -0.15) is 0 Å². The van der Waals surface area contributed by atoms with Crippen LogP contribution in [0.5, 0.6) is 0 Å². The molecule has 1 N–H and O–H groups in total. The van der Waals surface area contributed by atoms with Gasteiger partial charge in [0.2, 0.25) is 5.91 Å². The van der Waals surface area contributed by atoms with E-state index in [-0.39, 0.29) is 11.5 Å². The summed E-state index contributed by atoms with van der Waals surface area (Å²) in [6.45, 7) is 3.88. The standard InChI is InChI=1S/C12H14N2O2S2/c1-4-7(2)5-9(15)13-10-11-8(6-17-18-11)14(3)12(10)16/h5-6H,4H2,1-3H3,(H,13,15)/b7-5-. The Labute approximate surface area is 112 Å². The van der Waals surface area contributed by atoms with Crippen LogP contribution in [-0.4, -0.2) is 10.5 Å². The molecule has 0 saturated carbocycles. The smallest absolute Gasteiger partial charge is 0.276 e. The van der Waals surface area contributed by atoms with E-state index in [0.29, 0.717) is 5.69 Å². The number of allylic oxidation sites excluding steroid dienone is 1. The molecule has 2 aliphatic heterocycles. The maximum atomic E-state index is 12.0. The second kappa shape index (κ2) is 5.07. The van der Waals surface area contributed by atoms with Crippen molar-refractivity contribution in [2.45, 2.75) is 20.3 Å². The van der Waals surface area contributed by atoms with Crippen LogP contribution in [0.15, 0.2) is 21.8 Å². The van der Waals surface area contributed by atoms with Gasteiger partial charge in [-0.15, -0.1) is 0 Å². The van der Waals surface area contributed by atoms with Crippen molar-refractivity contribution in [2.75, 3.05) is 5.32 Å². The zero-order chi connectivity index (χ0) is 13.3. The molecule has 0 aromatic carbocycles. The lowest BCUT2D eigenvalue weighted by molar-refractivity contribution is -0.112. The van der Waals surface area contributed by atoms with Crippen LogP contribution in [0.4, 0.5) is 5.69 Å². The van der Waals surface area contributed by atoms with Crippen molar-refractivity contribution in [2.24, 2.45) is 7.05 Å². The third kappa shape index (κ3) is 2.26. The summed E-state index contributed by atoms with van der Waals surface area (Å²) < 4.78 is 1.56. The first-order valence-corrected chi connectivity index (χ1v) is 7.80. The van der Waals surface area contributed by atoms with Gasteiger partial charge in [-0.1, -0.05) is 33.2 Å². The van der Waals surface area contributed by atoms with Crippen molar-refractivity contribution in [1.29, 1.82) is 0 Å². The maximum absolute atomic E-state index is 12.0. The molecule has 0 fully saturated rings. The van der Waals surface area contributed by atoms with Crippen molar-refractivity contribution in [3.63, 3.8) is 0 Å². The number of fused-ring (bicyclic) bond motifs is 1. The maximum Gasteiger partial charge on any atom is 0.276 e. The van der Waals surface area contributed by atoms with E-state index in [4.69, 9.17) is 0 Å². The van der Waals surface area contributed by atoms with Gasteiger partial charge >= 0.3 is 0 Å². The summed E-state index contributed by atoms with van der Waals surface area (Å²) in [4.78, 5) is 24.6. The van der Waals surface area contributed by atoms with Crippen molar-refractivity contribution in [3.05, 3.63) is 27.4 Å². The number of carbonyl (C=O) groups is 1. The first kappa shape index (κ1) is 13.0. The Morgan fingerprint density at radius 1 is 1.56 bits per heavy atom. The minimum atomic E-state index is -0.239. The molecule has 2 heterocycles. The monoisotopic (exact) mass is 282 g/mol. The third-order valence-corrected chi connectivity index (χ3v) is 4.89. The average molecular weight is 282 g/mol. The van der Waals surface area contributed by atoms with Crippen LogP contribution in [0.1, 0.15) is 20.3 Å². The Bertz CT molecular complexity index is 633. The van der Waals surface area contributed by atoms with Crippen LogP contribution in [0.3, 0.4) is 0 Å². The summed E-state index contributed by atoms with van der Waals surface area (Å²) in [5.41, 5.74) is 2.10. The second-order valence-corrected chi connectivity index (χ2v) is 6.16. The Morgan fingerprint density at radius 3 is 2.94 bits per heavy atom. The molecule has 6 heteroatoms. The van der Waals surface area contributed by atoms with Gasteiger partial charge in [0.1, 0.15) is 5.69 Å². The Hall–Kier alpha value is -1.40. The van der Waals surface area contributed by atoms with Crippen LogP contribution in [0.2, 0.25) is 0 Å². The predicted molar refractivity (Wildman–Crippen MR) is 76.7 cm³/mol. The van der Waals surface area contributed by atoms with Crippen LogP contribution in [0.25, 0.3) is 10.6 Å². The molecular weight excluding hydrogens is 268 g/mol. The second-order valence-electron chi connectivity index (χ2n) is 4.08. The van der Waals surface area contributed by atoms with Crippen LogP contribution in [0, 0.1) is 0 Å². The number of amides is 1. The van der Waals surface area contributed by atoms with E-state index < -0.39 is 0 Å². The predicted octanol–water partition coefficient (Wildman–Crippen LogP) is 2.91. The van der Waals surface area contributed by atoms with Gasteiger partial charge in [0.05, 0.1) is 10.6 Å². The largest absolute Gasteiger partial charge is 0.317 e. The zero-order valence-electron chi connectivity index (χ0n) is 10.4. The molecular formula is C12H14N2O2S2. The summed E-state index contributed by atoms with van der Waals surface area (Å²) >= 11 is 0. The molecule has 0 spiro atoms. The highest BCUT2D eigenvalue weighted by atomic mass is 32.9. The van der Waals surface area contributed by atoms with E-state index in [1.54, 1.807) is 22.0 Å². The summed E-state index contributed by atoms with van der Waals surface area (Å²) in [5, 5.41) is 4.61. The molecule has 96 valence electrons. The highest BCUT2D eigenvalue weighted by Gasteiger charge is 2.21. The van der Waals surface area contributed by atoms with Crippen LogP contribution < -0.4 is 10.9 Å². The van der Waals surface area contributed by atoms with Gasteiger partial charge in [-0.3, -0.25) is 9.59 Å². The SMILES string of the molecule is CC/C(C)=C\C(=O)Nc1c2sscc-2n(C)c1=O. The molecule has 0 atom stereocenters. The number of carbonyl (C=O) groups excluding carboxylic acids is 1. The average Bonchev–Trinajstić information content (AvgIpc) is 2.89. The number of nitrogens with zero attached hydrogens (tertiary/aromatic N) is 1. The quantitative estimate of drug-likeness (QED) is 0.695. The molecule has 0 radical (unpaired) electrons. The minimum Gasteiger partial charge on any atom is -0.317 e. The third-order valence-electron chi connectivity index (χ3n) is 2.81. The van der Waals surface area contributed by atoms with Crippen molar-refractivity contribution in [1.82, 2.24) is 4.57 Å². The van der Waals surface area contributed by atoms with E-state index in [1.807, 2.05) is 19.2 Å². The molecule has 0 aromatic rings. The first-order chi connectivity index (χ1) is 8.54. The van der Waals surface area contributed by atoms with E-state index in [1.165, 1.54) is 16.4 Å². The number of aromatic nitrogens is 1. The summed E-state index contributed by atoms with van der Waals surface area (Å²) in [6.07, 6.45) is 2.36. The highest BCUT2D eigenvalue weighted by molar-refractivity contribution is 7.70. The summed E-state index contributed by atoms with van der Waals surface area (Å²) in [7, 11) is 4.77. The van der Waals surface area contributed by atoms with Crippen molar-refractivity contribution in [3.8, 4) is 10.6 Å². The van der Waals surface area contributed by atoms with Gasteiger partial charge < -0.3 is 9.88 Å². The summed E-state index contributed by atoms with van der Waals surface area (Å²) in [5.74, 6) is -0.239. The molecule has 2 rings (SSSR count). The number of anilines is 1. The molecule has 0 saturated heterocycles. The van der Waals surface area contributed by atoms with Crippen molar-refractivity contribution >= 4 is 32.3 Å².